The van der Waals surface area contributed by atoms with Crippen LogP contribution in [0.5, 0.6) is 5.88 Å². The van der Waals surface area contributed by atoms with E-state index in [0.717, 1.165) is 53.7 Å². The summed E-state index contributed by atoms with van der Waals surface area (Å²) in [5.74, 6) is 0.452. The summed E-state index contributed by atoms with van der Waals surface area (Å²) >= 11 is 0. The zero-order valence-corrected chi connectivity index (χ0v) is 20.5. The molecule has 6 rings (SSSR count). The number of halogens is 3. The van der Waals surface area contributed by atoms with Crippen molar-refractivity contribution in [2.45, 2.75) is 31.5 Å². The number of methoxy groups -OCH3 is 1. The molecular formula is C29H24F3N5O. The highest BCUT2D eigenvalue weighted by Crippen LogP contribution is 2.34. The minimum atomic E-state index is -4.41. The van der Waals surface area contributed by atoms with Crippen molar-refractivity contribution in [2.24, 2.45) is 4.99 Å². The Hall–Kier alpha value is -4.40. The fraction of sp³-hybridized carbons (Fsp3) is 0.207. The summed E-state index contributed by atoms with van der Waals surface area (Å²) in [5, 5.41) is 4.16. The van der Waals surface area contributed by atoms with Crippen molar-refractivity contribution in [2.75, 3.05) is 12.4 Å². The van der Waals surface area contributed by atoms with Gasteiger partial charge < -0.3 is 14.6 Å². The number of hydrogen-bond donors (Lipinski definition) is 1. The maximum Gasteiger partial charge on any atom is 0.416 e. The molecule has 0 saturated heterocycles. The zero-order valence-electron chi connectivity index (χ0n) is 20.5. The predicted molar refractivity (Wildman–Crippen MR) is 140 cm³/mol. The van der Waals surface area contributed by atoms with Crippen LogP contribution in [0.15, 0.2) is 84.0 Å². The number of ether oxygens (including phenoxy) is 1. The quantitative estimate of drug-likeness (QED) is 0.263. The van der Waals surface area contributed by atoms with Crippen LogP contribution >= 0.6 is 0 Å². The van der Waals surface area contributed by atoms with Crippen molar-refractivity contribution in [3.05, 3.63) is 89.9 Å². The number of benzene rings is 3. The van der Waals surface area contributed by atoms with E-state index in [0.29, 0.717) is 28.5 Å². The van der Waals surface area contributed by atoms with E-state index in [9.17, 15) is 13.2 Å². The molecule has 1 aliphatic heterocycles. The minimum Gasteiger partial charge on any atom is -0.480 e. The molecule has 0 unspecified atom stereocenters. The molecule has 38 heavy (non-hydrogen) atoms. The zero-order chi connectivity index (χ0) is 26.3. The van der Waals surface area contributed by atoms with Crippen molar-refractivity contribution < 1.29 is 17.9 Å². The number of nitrogens with one attached hydrogen (secondary N) is 1. The monoisotopic (exact) mass is 515 g/mol. The Morgan fingerprint density at radius 3 is 2.47 bits per heavy atom. The lowest BCUT2D eigenvalue weighted by atomic mass is 9.94. The second kappa shape index (κ2) is 9.48. The van der Waals surface area contributed by atoms with E-state index < -0.39 is 11.7 Å². The lowest BCUT2D eigenvalue weighted by Crippen LogP contribution is -2.22. The number of para-hydroxylation sites is 2. The van der Waals surface area contributed by atoms with Crippen LogP contribution in [0.3, 0.4) is 0 Å². The van der Waals surface area contributed by atoms with E-state index in [1.165, 1.54) is 12.1 Å². The third kappa shape index (κ3) is 4.44. The van der Waals surface area contributed by atoms with Gasteiger partial charge in [-0.2, -0.15) is 13.2 Å². The molecule has 0 spiro atoms. The molecule has 2 aliphatic carbocycles. The number of aromatic nitrogens is 3. The van der Waals surface area contributed by atoms with Crippen LogP contribution in [0, 0.1) is 0 Å². The van der Waals surface area contributed by atoms with Crippen LogP contribution in [-0.2, 0) is 6.18 Å². The maximum absolute atomic E-state index is 13.3. The smallest absolute Gasteiger partial charge is 0.416 e. The van der Waals surface area contributed by atoms with E-state index in [2.05, 4.69) is 10.3 Å². The number of hydrogen-bond acceptors (Lipinski definition) is 5. The molecule has 0 atom stereocenters. The van der Waals surface area contributed by atoms with Crippen molar-refractivity contribution in [3.63, 3.8) is 0 Å². The first kappa shape index (κ1) is 24.0. The van der Waals surface area contributed by atoms with Crippen LogP contribution in [0.2, 0.25) is 0 Å². The van der Waals surface area contributed by atoms with Gasteiger partial charge in [0.15, 0.2) is 0 Å². The van der Waals surface area contributed by atoms with Gasteiger partial charge in [-0.25, -0.2) is 9.97 Å². The Kier molecular flexibility index (Phi) is 5.98. The van der Waals surface area contributed by atoms with Gasteiger partial charge in [0.25, 0.3) is 0 Å². The van der Waals surface area contributed by atoms with Gasteiger partial charge >= 0.3 is 6.18 Å². The Bertz CT molecular complexity index is 1660. The lowest BCUT2D eigenvalue weighted by molar-refractivity contribution is -0.137. The Labute approximate surface area is 216 Å². The van der Waals surface area contributed by atoms with Gasteiger partial charge in [-0.1, -0.05) is 12.1 Å². The summed E-state index contributed by atoms with van der Waals surface area (Å²) in [6.07, 6.45) is 0.420. The normalized spacial score (nSPS) is 14.6. The van der Waals surface area contributed by atoms with E-state index in [1.54, 1.807) is 13.3 Å². The van der Waals surface area contributed by atoms with Crippen LogP contribution < -0.4 is 15.4 Å². The van der Waals surface area contributed by atoms with Gasteiger partial charge in [-0.05, 0) is 79.9 Å². The Balaban J connectivity index is 1.60. The van der Waals surface area contributed by atoms with E-state index in [-0.39, 0.29) is 6.04 Å². The number of nitrogens with zero attached hydrogens (tertiary/aromatic N) is 4. The lowest BCUT2D eigenvalue weighted by Gasteiger charge is -2.23. The third-order valence-electron chi connectivity index (χ3n) is 6.78. The molecule has 0 amide bonds. The number of anilines is 2. The average molecular weight is 516 g/mol. The van der Waals surface area contributed by atoms with Crippen molar-refractivity contribution >= 4 is 22.4 Å². The first-order chi connectivity index (χ1) is 18.4. The fourth-order valence-corrected chi connectivity index (χ4v) is 4.63. The maximum atomic E-state index is 13.3. The summed E-state index contributed by atoms with van der Waals surface area (Å²) < 4.78 is 47.2. The molecule has 1 aromatic heterocycles. The van der Waals surface area contributed by atoms with Gasteiger partial charge in [-0.15, -0.1) is 0 Å². The molecule has 1 N–H and O–H groups in total. The minimum absolute atomic E-state index is 0.219. The molecule has 9 heteroatoms. The average Bonchev–Trinajstić information content (AvgIpc) is 2.89. The highest BCUT2D eigenvalue weighted by molar-refractivity contribution is 5.84. The molecule has 3 aromatic rings. The highest BCUT2D eigenvalue weighted by atomic mass is 19.4. The summed E-state index contributed by atoms with van der Waals surface area (Å²) in [4.78, 5) is 14.2. The Morgan fingerprint density at radius 2 is 1.76 bits per heavy atom. The molecular weight excluding hydrogens is 491 g/mol. The number of pyridine rings is 1. The number of fused-ring (bicyclic) bond motifs is 2. The SMILES string of the molecule is COc1ncccc1Nc1cc2nc3ccccc3n(-c3ccc(C(F)(F)F)cc3)c-2cc1=NC1CCC1. The summed E-state index contributed by atoms with van der Waals surface area (Å²) in [5.41, 5.74) is 4.26. The topological polar surface area (TPSA) is 64.3 Å². The predicted octanol–water partition coefficient (Wildman–Crippen LogP) is 6.75. The summed E-state index contributed by atoms with van der Waals surface area (Å²) in [6, 6.07) is 20.6. The number of rotatable bonds is 5. The molecule has 6 nitrogen and oxygen atoms in total. The highest BCUT2D eigenvalue weighted by Gasteiger charge is 2.30. The summed E-state index contributed by atoms with van der Waals surface area (Å²) in [6.45, 7) is 0. The molecule has 1 fully saturated rings. The van der Waals surface area contributed by atoms with Gasteiger partial charge in [-0.3, -0.25) is 4.99 Å². The summed E-state index contributed by atoms with van der Waals surface area (Å²) in [7, 11) is 1.56. The van der Waals surface area contributed by atoms with Gasteiger partial charge in [0.1, 0.15) is 5.69 Å². The first-order valence-corrected chi connectivity index (χ1v) is 12.3. The van der Waals surface area contributed by atoms with Crippen molar-refractivity contribution in [1.82, 2.24) is 14.5 Å². The van der Waals surface area contributed by atoms with Gasteiger partial charge in [0.05, 0.1) is 52.2 Å². The van der Waals surface area contributed by atoms with E-state index in [4.69, 9.17) is 14.7 Å². The number of alkyl halides is 3. The standard InChI is InChI=1S/C29H24F3N5O/c1-38-28-22(9-5-15-33-28)36-23-16-25-27(17-24(23)34-19-6-4-7-19)37(26-10-3-2-8-21(26)35-25)20-13-11-18(12-14-20)29(30,31)32/h2-3,5,8-17,19,36H,4,6-7H2,1H3. The fourth-order valence-electron chi connectivity index (χ4n) is 4.63. The van der Waals surface area contributed by atoms with Crippen molar-refractivity contribution in [1.29, 1.82) is 0 Å². The molecule has 1 saturated carbocycles. The molecule has 2 aromatic carbocycles. The van der Waals surface area contributed by atoms with Crippen molar-refractivity contribution in [3.8, 4) is 23.0 Å². The second-order valence-corrected chi connectivity index (χ2v) is 9.24. The Morgan fingerprint density at radius 1 is 0.974 bits per heavy atom. The molecule has 2 heterocycles. The van der Waals surface area contributed by atoms with E-state index in [1.807, 2.05) is 53.1 Å². The van der Waals surface area contributed by atoms with Crippen LogP contribution in [-0.4, -0.2) is 27.7 Å². The van der Waals surface area contributed by atoms with Crippen LogP contribution in [0.4, 0.5) is 24.5 Å². The molecule has 192 valence electrons. The molecule has 3 aliphatic rings. The molecule has 0 radical (unpaired) electrons. The second-order valence-electron chi connectivity index (χ2n) is 9.24. The van der Waals surface area contributed by atoms with Gasteiger partial charge in [0.2, 0.25) is 5.88 Å². The van der Waals surface area contributed by atoms with Crippen LogP contribution in [0.1, 0.15) is 24.8 Å². The van der Waals surface area contributed by atoms with Crippen LogP contribution in [0.25, 0.3) is 28.1 Å². The first-order valence-electron chi connectivity index (χ1n) is 12.3. The van der Waals surface area contributed by atoms with Gasteiger partial charge in [0, 0.05) is 11.9 Å². The molecule has 0 bridgehead atoms. The third-order valence-corrected chi connectivity index (χ3v) is 6.78. The van der Waals surface area contributed by atoms with E-state index >= 15 is 0 Å². The largest absolute Gasteiger partial charge is 0.480 e.